The van der Waals surface area contributed by atoms with Crippen LogP contribution in [0.4, 0.5) is 0 Å². The highest BCUT2D eigenvalue weighted by Gasteiger charge is 2.25. The Morgan fingerprint density at radius 2 is 1.88 bits per heavy atom. The highest BCUT2D eigenvalue weighted by molar-refractivity contribution is 7.91. The van der Waals surface area contributed by atoms with Crippen LogP contribution in [0.15, 0.2) is 10.6 Å². The number of hydrogen-bond acceptors (Lipinski definition) is 5. The number of carbonyl (C=O) groups excluding carboxylic acids is 1. The Morgan fingerprint density at radius 1 is 1.25 bits per heavy atom. The molecule has 2 aromatic rings. The van der Waals surface area contributed by atoms with E-state index in [4.69, 9.17) is 4.52 Å². The minimum Gasteiger partial charge on any atom is -0.361 e. The van der Waals surface area contributed by atoms with E-state index in [-0.39, 0.29) is 17.6 Å². The lowest BCUT2D eigenvalue weighted by atomic mass is 10.2. The summed E-state index contributed by atoms with van der Waals surface area (Å²) >= 11 is 0. The number of aromatic nitrogens is 2. The largest absolute Gasteiger partial charge is 0.361 e. The van der Waals surface area contributed by atoms with E-state index in [0.29, 0.717) is 22.6 Å². The van der Waals surface area contributed by atoms with Crippen LogP contribution < -0.4 is 0 Å². The summed E-state index contributed by atoms with van der Waals surface area (Å²) < 4.78 is 31.9. The lowest BCUT2D eigenvalue weighted by molar-refractivity contribution is 0.102. The number of sulfone groups is 1. The molecule has 0 aromatic carbocycles. The zero-order valence-corrected chi connectivity index (χ0v) is 15.8. The first-order chi connectivity index (χ1) is 11.0. The molecule has 2 rings (SSSR count). The number of nitrogens with zero attached hydrogens (tertiary/aromatic N) is 2. The van der Waals surface area contributed by atoms with E-state index >= 15 is 0 Å². The SMILES string of the molecule is Cc1noc(C)c1CS(=O)(=O)CC(=O)c1cc(C)n(C(C)C)c1C. The topological polar surface area (TPSA) is 82.2 Å². The van der Waals surface area contributed by atoms with Crippen LogP contribution in [0.25, 0.3) is 0 Å². The number of rotatable bonds is 6. The molecule has 0 saturated heterocycles. The molecule has 0 spiro atoms. The maximum Gasteiger partial charge on any atom is 0.179 e. The number of Topliss-reactive ketones (excluding diaryl/α,β-unsaturated/α-hetero) is 1. The molecule has 0 aliphatic rings. The third-order valence-electron chi connectivity index (χ3n) is 4.20. The standard InChI is InChI=1S/C17H24N2O4S/c1-10(2)19-11(3)7-15(13(19)5)17(20)9-24(21,22)8-16-12(4)18-23-14(16)6/h7,10H,8-9H2,1-6H3. The predicted octanol–water partition coefficient (Wildman–Crippen LogP) is 3.09. The van der Waals surface area contributed by atoms with Gasteiger partial charge in [0.1, 0.15) is 11.5 Å². The Hall–Kier alpha value is -1.89. The van der Waals surface area contributed by atoms with Gasteiger partial charge in [0.25, 0.3) is 0 Å². The number of ketones is 1. The van der Waals surface area contributed by atoms with Crippen molar-refractivity contribution in [2.75, 3.05) is 5.75 Å². The van der Waals surface area contributed by atoms with E-state index < -0.39 is 15.6 Å². The van der Waals surface area contributed by atoms with Crippen molar-refractivity contribution in [2.24, 2.45) is 0 Å². The molecule has 0 aliphatic heterocycles. The fraction of sp³-hybridized carbons (Fsp3) is 0.529. The maximum absolute atomic E-state index is 12.5. The number of aryl methyl sites for hydroxylation is 3. The summed E-state index contributed by atoms with van der Waals surface area (Å²) in [4.78, 5) is 12.5. The van der Waals surface area contributed by atoms with Crippen molar-refractivity contribution in [1.82, 2.24) is 9.72 Å². The van der Waals surface area contributed by atoms with Crippen LogP contribution in [-0.4, -0.2) is 29.7 Å². The Bertz CT molecular complexity index is 853. The molecule has 0 saturated carbocycles. The minimum absolute atomic E-state index is 0.213. The van der Waals surface area contributed by atoms with Gasteiger partial charge in [-0.05, 0) is 47.6 Å². The van der Waals surface area contributed by atoms with E-state index in [1.54, 1.807) is 19.9 Å². The molecule has 2 aromatic heterocycles. The van der Waals surface area contributed by atoms with E-state index in [1.807, 2.05) is 32.3 Å². The van der Waals surface area contributed by atoms with E-state index in [9.17, 15) is 13.2 Å². The summed E-state index contributed by atoms with van der Waals surface area (Å²) in [7, 11) is -3.60. The maximum atomic E-state index is 12.5. The predicted molar refractivity (Wildman–Crippen MR) is 92.1 cm³/mol. The zero-order valence-electron chi connectivity index (χ0n) is 15.0. The number of carbonyl (C=O) groups is 1. The smallest absolute Gasteiger partial charge is 0.179 e. The van der Waals surface area contributed by atoms with Gasteiger partial charge in [0.15, 0.2) is 15.6 Å². The summed E-state index contributed by atoms with van der Waals surface area (Å²) in [6.45, 7) is 11.2. The van der Waals surface area contributed by atoms with Crippen LogP contribution in [0.3, 0.4) is 0 Å². The number of hydrogen-bond donors (Lipinski definition) is 0. The monoisotopic (exact) mass is 352 g/mol. The van der Waals surface area contributed by atoms with Gasteiger partial charge in [-0.15, -0.1) is 0 Å². The molecule has 0 amide bonds. The van der Waals surface area contributed by atoms with E-state index in [0.717, 1.165) is 11.4 Å². The van der Waals surface area contributed by atoms with Gasteiger partial charge in [0.2, 0.25) is 0 Å². The van der Waals surface area contributed by atoms with Crippen molar-refractivity contribution >= 4 is 15.6 Å². The quantitative estimate of drug-likeness (QED) is 0.746. The van der Waals surface area contributed by atoms with Gasteiger partial charge in [0.05, 0.1) is 11.4 Å². The normalized spacial score (nSPS) is 12.1. The van der Waals surface area contributed by atoms with E-state index in [2.05, 4.69) is 5.16 Å². The molecule has 0 N–H and O–H groups in total. The third kappa shape index (κ3) is 3.61. The average molecular weight is 352 g/mol. The van der Waals surface area contributed by atoms with Crippen molar-refractivity contribution in [3.8, 4) is 0 Å². The van der Waals surface area contributed by atoms with Crippen LogP contribution in [0.5, 0.6) is 0 Å². The summed E-state index contributed by atoms with van der Waals surface area (Å²) in [5, 5.41) is 3.76. The second-order valence-electron chi connectivity index (χ2n) is 6.51. The van der Waals surface area contributed by atoms with Crippen LogP contribution in [0.2, 0.25) is 0 Å². The van der Waals surface area contributed by atoms with Gasteiger partial charge in [0, 0.05) is 28.6 Å². The molecule has 2 heterocycles. The van der Waals surface area contributed by atoms with Crippen LogP contribution in [0.1, 0.15) is 58.7 Å². The third-order valence-corrected chi connectivity index (χ3v) is 5.63. The second-order valence-corrected chi connectivity index (χ2v) is 8.57. The molecular weight excluding hydrogens is 328 g/mol. The molecule has 7 heteroatoms. The highest BCUT2D eigenvalue weighted by Crippen LogP contribution is 2.22. The molecule has 6 nitrogen and oxygen atoms in total. The Balaban J connectivity index is 2.25. The lowest BCUT2D eigenvalue weighted by Crippen LogP contribution is -2.19. The molecule has 0 bridgehead atoms. The minimum atomic E-state index is -3.60. The molecular formula is C17H24N2O4S. The summed E-state index contributed by atoms with van der Waals surface area (Å²) in [6.07, 6.45) is 0. The van der Waals surface area contributed by atoms with Gasteiger partial charge >= 0.3 is 0 Å². The average Bonchev–Trinajstić information content (AvgIpc) is 2.91. The molecule has 132 valence electrons. The van der Waals surface area contributed by atoms with Crippen molar-refractivity contribution in [2.45, 2.75) is 53.3 Å². The van der Waals surface area contributed by atoms with Gasteiger partial charge in [-0.3, -0.25) is 4.79 Å². The fourth-order valence-corrected chi connectivity index (χ4v) is 4.62. The van der Waals surface area contributed by atoms with Crippen LogP contribution in [-0.2, 0) is 15.6 Å². The molecule has 24 heavy (non-hydrogen) atoms. The Morgan fingerprint density at radius 3 is 2.33 bits per heavy atom. The van der Waals surface area contributed by atoms with Gasteiger partial charge < -0.3 is 9.09 Å². The van der Waals surface area contributed by atoms with E-state index in [1.165, 1.54) is 0 Å². The first kappa shape index (κ1) is 18.4. The Kier molecular flexibility index (Phi) is 5.03. The molecule has 0 unspecified atom stereocenters. The molecule has 0 fully saturated rings. The molecule has 0 aliphatic carbocycles. The van der Waals surface area contributed by atoms with Crippen molar-refractivity contribution in [3.63, 3.8) is 0 Å². The zero-order chi connectivity index (χ0) is 18.2. The van der Waals surface area contributed by atoms with Crippen LogP contribution in [0, 0.1) is 27.7 Å². The Labute approximate surface area is 142 Å². The van der Waals surface area contributed by atoms with Gasteiger partial charge in [-0.1, -0.05) is 5.16 Å². The molecule has 0 radical (unpaired) electrons. The van der Waals surface area contributed by atoms with Crippen molar-refractivity contribution < 1.29 is 17.7 Å². The lowest BCUT2D eigenvalue weighted by Gasteiger charge is -2.13. The first-order valence-corrected chi connectivity index (χ1v) is 9.69. The molecule has 0 atom stereocenters. The van der Waals surface area contributed by atoms with Gasteiger partial charge in [-0.25, -0.2) is 8.42 Å². The van der Waals surface area contributed by atoms with Crippen LogP contribution >= 0.6 is 0 Å². The second kappa shape index (κ2) is 6.55. The summed E-state index contributed by atoms with van der Waals surface area (Å²) in [5.41, 5.74) is 3.31. The first-order valence-electron chi connectivity index (χ1n) is 7.87. The van der Waals surface area contributed by atoms with Gasteiger partial charge in [-0.2, -0.15) is 0 Å². The summed E-state index contributed by atoms with van der Waals surface area (Å²) in [6, 6.07) is 1.98. The van der Waals surface area contributed by atoms with Crippen molar-refractivity contribution in [3.05, 3.63) is 40.0 Å². The summed E-state index contributed by atoms with van der Waals surface area (Å²) in [5.74, 6) is -0.647. The van der Waals surface area contributed by atoms with Crippen molar-refractivity contribution in [1.29, 1.82) is 0 Å². The fourth-order valence-electron chi connectivity index (χ4n) is 3.11. The highest BCUT2D eigenvalue weighted by atomic mass is 32.2.